The minimum atomic E-state index is -4.62. The Morgan fingerprint density at radius 2 is 1.88 bits per heavy atom. The maximum absolute atomic E-state index is 13.5. The Bertz CT molecular complexity index is 1570. The number of nitrogens with one attached hydrogen (secondary N) is 1. The summed E-state index contributed by atoms with van der Waals surface area (Å²) in [5, 5.41) is 0.421. The van der Waals surface area contributed by atoms with Gasteiger partial charge in [0.15, 0.2) is 11.0 Å². The summed E-state index contributed by atoms with van der Waals surface area (Å²) in [6.07, 6.45) is -0.445. The molecule has 1 aliphatic rings. The van der Waals surface area contributed by atoms with Crippen LogP contribution in [-0.2, 0) is 25.7 Å². The molecule has 1 aromatic heterocycles. The molecular formula is C28H29ClF3NO7S. The fourth-order valence-corrected chi connectivity index (χ4v) is 5.50. The Labute approximate surface area is 239 Å². The van der Waals surface area contributed by atoms with Gasteiger partial charge in [0.2, 0.25) is 15.9 Å². The SMILES string of the molecule is CS(=O)(=O)NC(=O)C1CCCCC(OCCCOc2cc(C(F)(F)F)ccc2-c2cc(=O)c3cccc(Cl)c3o2)C1. The molecule has 222 valence electrons. The fourth-order valence-electron chi connectivity index (χ4n) is 4.76. The number of amides is 1. The molecule has 1 saturated carbocycles. The van der Waals surface area contributed by atoms with Crippen molar-refractivity contribution < 1.29 is 40.3 Å². The van der Waals surface area contributed by atoms with Gasteiger partial charge in [0.1, 0.15) is 11.5 Å². The molecule has 1 amide bonds. The van der Waals surface area contributed by atoms with E-state index in [9.17, 15) is 31.2 Å². The number of benzene rings is 2. The third-order valence-corrected chi connectivity index (χ3v) is 7.58. The van der Waals surface area contributed by atoms with E-state index < -0.39 is 39.0 Å². The van der Waals surface area contributed by atoms with E-state index in [1.54, 1.807) is 6.07 Å². The highest BCUT2D eigenvalue weighted by molar-refractivity contribution is 7.89. The largest absolute Gasteiger partial charge is 0.493 e. The molecule has 13 heteroatoms. The van der Waals surface area contributed by atoms with Crippen molar-refractivity contribution in [2.75, 3.05) is 19.5 Å². The van der Waals surface area contributed by atoms with Crippen LogP contribution in [0.25, 0.3) is 22.3 Å². The van der Waals surface area contributed by atoms with Crippen molar-refractivity contribution in [3.63, 3.8) is 0 Å². The number of para-hydroxylation sites is 1. The Morgan fingerprint density at radius 3 is 2.61 bits per heavy atom. The normalized spacial score (nSPS) is 18.2. The van der Waals surface area contributed by atoms with E-state index in [0.717, 1.165) is 31.2 Å². The second-order valence-corrected chi connectivity index (χ2v) is 12.1. The van der Waals surface area contributed by atoms with E-state index >= 15 is 0 Å². The predicted octanol–water partition coefficient (Wildman–Crippen LogP) is 5.94. The summed E-state index contributed by atoms with van der Waals surface area (Å²) in [7, 11) is -3.66. The van der Waals surface area contributed by atoms with Gasteiger partial charge in [0.25, 0.3) is 0 Å². The number of carbonyl (C=O) groups is 1. The number of hydrogen-bond acceptors (Lipinski definition) is 7. The van der Waals surface area contributed by atoms with Crippen LogP contribution in [0, 0.1) is 5.92 Å². The summed E-state index contributed by atoms with van der Waals surface area (Å²) in [6, 6.07) is 8.76. The Morgan fingerprint density at radius 1 is 1.12 bits per heavy atom. The molecule has 2 aromatic carbocycles. The van der Waals surface area contributed by atoms with E-state index in [1.165, 1.54) is 24.3 Å². The number of hydrogen-bond donors (Lipinski definition) is 1. The predicted molar refractivity (Wildman–Crippen MR) is 147 cm³/mol. The highest BCUT2D eigenvalue weighted by atomic mass is 35.5. The number of sulfonamides is 1. The second kappa shape index (κ2) is 12.8. The molecule has 1 aliphatic carbocycles. The number of alkyl halides is 3. The smallest absolute Gasteiger partial charge is 0.416 e. The molecule has 0 bridgehead atoms. The van der Waals surface area contributed by atoms with Crippen molar-refractivity contribution >= 4 is 38.5 Å². The van der Waals surface area contributed by atoms with Crippen LogP contribution >= 0.6 is 11.6 Å². The third kappa shape index (κ3) is 8.23. The summed E-state index contributed by atoms with van der Waals surface area (Å²) in [4.78, 5) is 25.0. The lowest BCUT2D eigenvalue weighted by Crippen LogP contribution is -2.36. The summed E-state index contributed by atoms with van der Waals surface area (Å²) < 4.78 is 82.7. The minimum Gasteiger partial charge on any atom is -0.493 e. The van der Waals surface area contributed by atoms with Crippen LogP contribution in [0.4, 0.5) is 13.2 Å². The van der Waals surface area contributed by atoms with E-state index in [1.807, 2.05) is 4.72 Å². The van der Waals surface area contributed by atoms with Gasteiger partial charge in [-0.1, -0.05) is 30.5 Å². The van der Waals surface area contributed by atoms with Gasteiger partial charge >= 0.3 is 6.18 Å². The summed E-state index contributed by atoms with van der Waals surface area (Å²) in [5.74, 6) is -1.16. The quantitative estimate of drug-likeness (QED) is 0.234. The first-order valence-corrected chi connectivity index (χ1v) is 15.3. The van der Waals surface area contributed by atoms with Crippen molar-refractivity contribution in [3.05, 3.63) is 63.3 Å². The Balaban J connectivity index is 1.44. The van der Waals surface area contributed by atoms with Crippen molar-refractivity contribution in [1.29, 1.82) is 0 Å². The highest BCUT2D eigenvalue weighted by Gasteiger charge is 2.32. The van der Waals surface area contributed by atoms with E-state index in [0.29, 0.717) is 25.7 Å². The van der Waals surface area contributed by atoms with Gasteiger partial charge in [-0.3, -0.25) is 14.3 Å². The fraction of sp³-hybridized carbons (Fsp3) is 0.429. The number of carbonyl (C=O) groups excluding carboxylic acids is 1. The van der Waals surface area contributed by atoms with Crippen molar-refractivity contribution in [1.82, 2.24) is 4.72 Å². The topological polar surface area (TPSA) is 112 Å². The standard InChI is InChI=1S/C28H29ClF3NO7S/c1-41(36,37)33-27(35)17-6-2-3-7-19(14-17)38-12-5-13-39-24-15-18(28(30,31)32)10-11-21(24)25-16-23(34)20-8-4-9-22(29)26(20)40-25/h4,8-11,15-17,19H,2-3,5-7,12-14H2,1H3,(H,33,35). The average molecular weight is 616 g/mol. The monoisotopic (exact) mass is 615 g/mol. The van der Waals surface area contributed by atoms with Gasteiger partial charge in [0.05, 0.1) is 47.1 Å². The zero-order valence-corrected chi connectivity index (χ0v) is 23.7. The van der Waals surface area contributed by atoms with Gasteiger partial charge in [0, 0.05) is 18.4 Å². The van der Waals surface area contributed by atoms with Crippen LogP contribution in [-0.4, -0.2) is 39.9 Å². The maximum Gasteiger partial charge on any atom is 0.416 e. The Kier molecular flexibility index (Phi) is 9.66. The van der Waals surface area contributed by atoms with Gasteiger partial charge in [-0.2, -0.15) is 13.2 Å². The lowest BCUT2D eigenvalue weighted by Gasteiger charge is -2.20. The summed E-state index contributed by atoms with van der Waals surface area (Å²) >= 11 is 6.18. The zero-order valence-electron chi connectivity index (χ0n) is 22.1. The summed E-state index contributed by atoms with van der Waals surface area (Å²) in [5.41, 5.74) is -1.07. The first kappa shape index (κ1) is 30.9. The number of rotatable bonds is 9. The molecule has 3 aromatic rings. The molecule has 1 heterocycles. The van der Waals surface area contributed by atoms with Gasteiger partial charge in [-0.25, -0.2) is 8.42 Å². The van der Waals surface area contributed by atoms with E-state index in [4.69, 9.17) is 25.5 Å². The molecule has 0 spiro atoms. The maximum atomic E-state index is 13.5. The average Bonchev–Trinajstić information content (AvgIpc) is 3.13. The molecule has 4 rings (SSSR count). The van der Waals surface area contributed by atoms with Crippen LogP contribution < -0.4 is 14.9 Å². The first-order valence-electron chi connectivity index (χ1n) is 13.0. The molecule has 1 fully saturated rings. The third-order valence-electron chi connectivity index (χ3n) is 6.71. The molecule has 2 unspecified atom stereocenters. The van der Waals surface area contributed by atoms with Crippen LogP contribution in [0.5, 0.6) is 5.75 Å². The first-order chi connectivity index (χ1) is 19.3. The summed E-state index contributed by atoms with van der Waals surface area (Å²) in [6.45, 7) is 0.206. The molecule has 2 atom stereocenters. The van der Waals surface area contributed by atoms with Crippen molar-refractivity contribution in [2.24, 2.45) is 5.92 Å². The van der Waals surface area contributed by atoms with E-state index in [-0.39, 0.29) is 52.4 Å². The second-order valence-electron chi connectivity index (χ2n) is 9.95. The van der Waals surface area contributed by atoms with Crippen LogP contribution in [0.15, 0.2) is 51.7 Å². The number of ether oxygens (including phenoxy) is 2. The molecule has 41 heavy (non-hydrogen) atoms. The Hall–Kier alpha value is -3.09. The van der Waals surface area contributed by atoms with Gasteiger partial charge in [-0.15, -0.1) is 0 Å². The molecule has 0 saturated heterocycles. The molecule has 0 aliphatic heterocycles. The molecule has 1 N–H and O–H groups in total. The van der Waals surface area contributed by atoms with Crippen molar-refractivity contribution in [3.8, 4) is 17.1 Å². The van der Waals surface area contributed by atoms with Gasteiger partial charge in [-0.05, 0) is 49.6 Å². The van der Waals surface area contributed by atoms with Crippen molar-refractivity contribution in [2.45, 2.75) is 50.8 Å². The molecule has 8 nitrogen and oxygen atoms in total. The van der Waals surface area contributed by atoms with Gasteiger partial charge < -0.3 is 13.9 Å². The number of fused-ring (bicyclic) bond motifs is 1. The minimum absolute atomic E-state index is 0.00239. The highest BCUT2D eigenvalue weighted by Crippen LogP contribution is 2.38. The lowest BCUT2D eigenvalue weighted by atomic mass is 9.99. The zero-order chi connectivity index (χ0) is 29.8. The molecular weight excluding hydrogens is 587 g/mol. The lowest BCUT2D eigenvalue weighted by molar-refractivity contribution is -0.137. The van der Waals surface area contributed by atoms with E-state index in [2.05, 4.69) is 0 Å². The van der Waals surface area contributed by atoms with Crippen LogP contribution in [0.1, 0.15) is 44.1 Å². The van der Waals surface area contributed by atoms with Crippen LogP contribution in [0.2, 0.25) is 5.02 Å². The van der Waals surface area contributed by atoms with Crippen LogP contribution in [0.3, 0.4) is 0 Å². The number of halogens is 4. The molecule has 0 radical (unpaired) electrons.